The third-order valence-electron chi connectivity index (χ3n) is 2.38. The highest BCUT2D eigenvalue weighted by atomic mass is 16.1. The Labute approximate surface area is 99.5 Å². The lowest BCUT2D eigenvalue weighted by atomic mass is 10.2. The summed E-state index contributed by atoms with van der Waals surface area (Å²) in [5.41, 5.74) is 2.32. The Kier molecular flexibility index (Phi) is 3.09. The van der Waals surface area contributed by atoms with E-state index < -0.39 is 0 Å². The molecule has 0 fully saturated rings. The molecule has 5 heteroatoms. The van der Waals surface area contributed by atoms with Crippen molar-refractivity contribution >= 4 is 17.3 Å². The van der Waals surface area contributed by atoms with Crippen LogP contribution in [-0.4, -0.2) is 30.2 Å². The molecule has 2 aromatic rings. The van der Waals surface area contributed by atoms with Crippen LogP contribution in [-0.2, 0) is 0 Å². The molecule has 0 unspecified atom stereocenters. The molecule has 5 nitrogen and oxygen atoms in total. The van der Waals surface area contributed by atoms with Crippen LogP contribution in [0.15, 0.2) is 36.7 Å². The Bertz CT molecular complexity index is 505. The van der Waals surface area contributed by atoms with E-state index in [0.717, 1.165) is 11.4 Å². The zero-order valence-electron chi connectivity index (χ0n) is 9.77. The Morgan fingerprint density at radius 2 is 2.24 bits per heavy atom. The normalized spacial score (nSPS) is 10.0. The molecule has 17 heavy (non-hydrogen) atoms. The maximum absolute atomic E-state index is 11.8. The molecule has 1 aromatic carbocycles. The SMILES string of the molecule is CN(C)c1cccc(NC(=O)c2cn[nH]c2)c1. The van der Waals surface area contributed by atoms with Crippen molar-refractivity contribution in [1.29, 1.82) is 0 Å². The van der Waals surface area contributed by atoms with Crippen LogP contribution in [0.1, 0.15) is 10.4 Å². The van der Waals surface area contributed by atoms with Crippen LogP contribution in [0.5, 0.6) is 0 Å². The van der Waals surface area contributed by atoms with E-state index in [4.69, 9.17) is 0 Å². The second kappa shape index (κ2) is 4.69. The number of rotatable bonds is 3. The molecule has 88 valence electrons. The minimum atomic E-state index is -0.172. The number of hydrogen-bond donors (Lipinski definition) is 2. The van der Waals surface area contributed by atoms with E-state index in [1.165, 1.54) is 6.20 Å². The van der Waals surface area contributed by atoms with Gasteiger partial charge in [-0.15, -0.1) is 0 Å². The molecule has 0 atom stereocenters. The molecule has 1 aromatic heterocycles. The number of nitrogens with zero attached hydrogens (tertiary/aromatic N) is 2. The van der Waals surface area contributed by atoms with Crippen LogP contribution < -0.4 is 10.2 Å². The highest BCUT2D eigenvalue weighted by Gasteiger charge is 2.07. The molecule has 0 saturated heterocycles. The summed E-state index contributed by atoms with van der Waals surface area (Å²) >= 11 is 0. The zero-order valence-corrected chi connectivity index (χ0v) is 9.77. The topological polar surface area (TPSA) is 61.0 Å². The number of carbonyl (C=O) groups is 1. The predicted molar refractivity (Wildman–Crippen MR) is 67.3 cm³/mol. The lowest BCUT2D eigenvalue weighted by Gasteiger charge is -2.13. The molecule has 0 aliphatic carbocycles. The molecule has 0 radical (unpaired) electrons. The summed E-state index contributed by atoms with van der Waals surface area (Å²) in [5.74, 6) is -0.172. The number of aromatic amines is 1. The molecule has 0 aliphatic heterocycles. The van der Waals surface area contributed by atoms with Gasteiger partial charge in [-0.3, -0.25) is 9.89 Å². The lowest BCUT2D eigenvalue weighted by molar-refractivity contribution is 0.102. The van der Waals surface area contributed by atoms with Crippen LogP contribution in [0.4, 0.5) is 11.4 Å². The Morgan fingerprint density at radius 1 is 1.41 bits per heavy atom. The van der Waals surface area contributed by atoms with Gasteiger partial charge in [0.1, 0.15) is 0 Å². The minimum Gasteiger partial charge on any atom is -0.378 e. The van der Waals surface area contributed by atoms with Crippen molar-refractivity contribution in [1.82, 2.24) is 10.2 Å². The van der Waals surface area contributed by atoms with Gasteiger partial charge in [0.2, 0.25) is 0 Å². The lowest BCUT2D eigenvalue weighted by Crippen LogP contribution is -2.12. The van der Waals surface area contributed by atoms with Crippen molar-refractivity contribution in [2.45, 2.75) is 0 Å². The fourth-order valence-electron chi connectivity index (χ4n) is 1.44. The smallest absolute Gasteiger partial charge is 0.258 e. The first-order valence-corrected chi connectivity index (χ1v) is 5.24. The van der Waals surface area contributed by atoms with Crippen molar-refractivity contribution in [3.05, 3.63) is 42.2 Å². The average Bonchev–Trinajstić information content (AvgIpc) is 2.82. The zero-order chi connectivity index (χ0) is 12.3. The second-order valence-electron chi connectivity index (χ2n) is 3.89. The molecule has 0 aliphatic rings. The monoisotopic (exact) mass is 230 g/mol. The predicted octanol–water partition coefficient (Wildman–Crippen LogP) is 1.73. The van der Waals surface area contributed by atoms with Gasteiger partial charge in [0.25, 0.3) is 5.91 Å². The summed E-state index contributed by atoms with van der Waals surface area (Å²) in [6, 6.07) is 7.65. The van der Waals surface area contributed by atoms with Gasteiger partial charge in [0.05, 0.1) is 11.8 Å². The number of benzene rings is 1. The van der Waals surface area contributed by atoms with Gasteiger partial charge in [-0.25, -0.2) is 0 Å². The number of carbonyl (C=O) groups excluding carboxylic acids is 1. The molecule has 0 saturated carbocycles. The number of nitrogens with one attached hydrogen (secondary N) is 2. The first-order valence-electron chi connectivity index (χ1n) is 5.24. The van der Waals surface area contributed by atoms with E-state index in [0.29, 0.717) is 5.56 Å². The van der Waals surface area contributed by atoms with E-state index >= 15 is 0 Å². The van der Waals surface area contributed by atoms with Crippen LogP contribution in [0.2, 0.25) is 0 Å². The molecule has 0 spiro atoms. The Hall–Kier alpha value is -2.30. The third kappa shape index (κ3) is 2.63. The Balaban J connectivity index is 2.14. The van der Waals surface area contributed by atoms with Gasteiger partial charge >= 0.3 is 0 Å². The van der Waals surface area contributed by atoms with Crippen molar-refractivity contribution in [3.63, 3.8) is 0 Å². The van der Waals surface area contributed by atoms with Gasteiger partial charge in [0.15, 0.2) is 0 Å². The molecule has 2 N–H and O–H groups in total. The van der Waals surface area contributed by atoms with E-state index in [1.54, 1.807) is 6.20 Å². The molecular weight excluding hydrogens is 216 g/mol. The summed E-state index contributed by atoms with van der Waals surface area (Å²) in [6.07, 6.45) is 3.05. The summed E-state index contributed by atoms with van der Waals surface area (Å²) in [6.45, 7) is 0. The van der Waals surface area contributed by atoms with Crippen molar-refractivity contribution in [3.8, 4) is 0 Å². The van der Waals surface area contributed by atoms with Crippen molar-refractivity contribution < 1.29 is 4.79 Å². The third-order valence-corrected chi connectivity index (χ3v) is 2.38. The summed E-state index contributed by atoms with van der Waals surface area (Å²) in [5, 5.41) is 9.16. The summed E-state index contributed by atoms with van der Waals surface area (Å²) in [4.78, 5) is 13.8. The molecular formula is C12H14N4O. The van der Waals surface area contributed by atoms with Gasteiger partial charge in [-0.1, -0.05) is 6.07 Å². The van der Waals surface area contributed by atoms with Crippen LogP contribution in [0.3, 0.4) is 0 Å². The summed E-state index contributed by atoms with van der Waals surface area (Å²) < 4.78 is 0. The van der Waals surface area contributed by atoms with Gasteiger partial charge in [-0.2, -0.15) is 5.10 Å². The number of anilines is 2. The van der Waals surface area contributed by atoms with Crippen LogP contribution >= 0.6 is 0 Å². The molecule has 1 amide bonds. The minimum absolute atomic E-state index is 0.172. The van der Waals surface area contributed by atoms with E-state index in [1.807, 2.05) is 43.3 Å². The van der Waals surface area contributed by atoms with E-state index in [2.05, 4.69) is 15.5 Å². The number of hydrogen-bond acceptors (Lipinski definition) is 3. The second-order valence-corrected chi connectivity index (χ2v) is 3.89. The van der Waals surface area contributed by atoms with E-state index in [9.17, 15) is 4.79 Å². The quantitative estimate of drug-likeness (QED) is 0.844. The van der Waals surface area contributed by atoms with Gasteiger partial charge in [-0.05, 0) is 18.2 Å². The fourth-order valence-corrected chi connectivity index (χ4v) is 1.44. The Morgan fingerprint density at radius 3 is 2.88 bits per heavy atom. The number of aromatic nitrogens is 2. The highest BCUT2D eigenvalue weighted by Crippen LogP contribution is 2.17. The standard InChI is InChI=1S/C12H14N4O/c1-16(2)11-5-3-4-10(6-11)15-12(17)9-7-13-14-8-9/h3-8H,1-2H3,(H,13,14)(H,15,17). The van der Waals surface area contributed by atoms with Crippen molar-refractivity contribution in [2.75, 3.05) is 24.3 Å². The van der Waals surface area contributed by atoms with Crippen LogP contribution in [0, 0.1) is 0 Å². The maximum Gasteiger partial charge on any atom is 0.258 e. The van der Waals surface area contributed by atoms with E-state index in [-0.39, 0.29) is 5.91 Å². The van der Waals surface area contributed by atoms with Gasteiger partial charge in [0, 0.05) is 31.7 Å². The first-order chi connectivity index (χ1) is 8.16. The van der Waals surface area contributed by atoms with Crippen molar-refractivity contribution in [2.24, 2.45) is 0 Å². The maximum atomic E-state index is 11.8. The number of H-pyrrole nitrogens is 1. The molecule has 1 heterocycles. The highest BCUT2D eigenvalue weighted by molar-refractivity contribution is 6.04. The van der Waals surface area contributed by atoms with Crippen LogP contribution in [0.25, 0.3) is 0 Å². The largest absolute Gasteiger partial charge is 0.378 e. The summed E-state index contributed by atoms with van der Waals surface area (Å²) in [7, 11) is 3.91. The van der Waals surface area contributed by atoms with Gasteiger partial charge < -0.3 is 10.2 Å². The molecule has 2 rings (SSSR count). The first kappa shape index (κ1) is 11.2. The fraction of sp³-hybridized carbons (Fsp3) is 0.167. The number of amides is 1. The average molecular weight is 230 g/mol. The molecule has 0 bridgehead atoms.